The molecule has 0 bridgehead atoms. The number of aromatic nitrogens is 3. The Balaban J connectivity index is 1.50. The first-order chi connectivity index (χ1) is 10.7. The predicted molar refractivity (Wildman–Crippen MR) is 82.7 cm³/mol. The van der Waals surface area contributed by atoms with E-state index in [1.165, 1.54) is 5.56 Å². The minimum absolute atomic E-state index is 0.506. The van der Waals surface area contributed by atoms with Crippen LogP contribution < -0.4 is 4.74 Å². The molecule has 118 valence electrons. The van der Waals surface area contributed by atoms with Crippen LogP contribution in [0, 0.1) is 0 Å². The lowest BCUT2D eigenvalue weighted by molar-refractivity contribution is 0.0283. The Morgan fingerprint density at radius 2 is 2.14 bits per heavy atom. The van der Waals surface area contributed by atoms with Crippen molar-refractivity contribution in [2.75, 3.05) is 26.7 Å². The largest absolute Gasteiger partial charge is 0.497 e. The molecular formula is C16H22N4O2. The van der Waals surface area contributed by atoms with Crippen LogP contribution >= 0.6 is 0 Å². The molecule has 1 fully saturated rings. The summed E-state index contributed by atoms with van der Waals surface area (Å²) in [7, 11) is 1.68. The molecule has 0 saturated carbocycles. The van der Waals surface area contributed by atoms with E-state index < -0.39 is 5.60 Å². The SMILES string of the molecule is COc1ccc(CCN2CCC(O)(Cn3ccnn3)C2)cc1. The lowest BCUT2D eigenvalue weighted by atomic mass is 10.0. The van der Waals surface area contributed by atoms with Crippen molar-refractivity contribution in [2.45, 2.75) is 25.0 Å². The second-order valence-electron chi connectivity index (χ2n) is 5.95. The summed E-state index contributed by atoms with van der Waals surface area (Å²) in [4.78, 5) is 2.31. The van der Waals surface area contributed by atoms with Gasteiger partial charge in [-0.25, -0.2) is 4.68 Å². The molecule has 1 N–H and O–H groups in total. The van der Waals surface area contributed by atoms with Crippen LogP contribution in [0.3, 0.4) is 0 Å². The zero-order valence-electron chi connectivity index (χ0n) is 12.9. The van der Waals surface area contributed by atoms with Crippen molar-refractivity contribution in [1.29, 1.82) is 0 Å². The van der Waals surface area contributed by atoms with Gasteiger partial charge in [0.1, 0.15) is 5.75 Å². The van der Waals surface area contributed by atoms with Crippen LogP contribution in [0.15, 0.2) is 36.7 Å². The molecule has 0 amide bonds. The number of likely N-dealkylation sites (tertiary alicyclic amines) is 1. The fraction of sp³-hybridized carbons (Fsp3) is 0.500. The van der Waals surface area contributed by atoms with Gasteiger partial charge in [0.15, 0.2) is 0 Å². The summed E-state index contributed by atoms with van der Waals surface area (Å²) in [5.41, 5.74) is 0.584. The molecular weight excluding hydrogens is 280 g/mol. The number of rotatable bonds is 6. The Labute approximate surface area is 130 Å². The molecule has 1 atom stereocenters. The van der Waals surface area contributed by atoms with Gasteiger partial charge in [0.05, 0.1) is 25.5 Å². The normalized spacial score (nSPS) is 22.1. The maximum Gasteiger partial charge on any atom is 0.118 e. The van der Waals surface area contributed by atoms with Gasteiger partial charge in [-0.05, 0) is 30.5 Å². The van der Waals surface area contributed by atoms with Crippen molar-refractivity contribution in [3.63, 3.8) is 0 Å². The van der Waals surface area contributed by atoms with Gasteiger partial charge in [0, 0.05) is 25.8 Å². The number of β-amino-alcohol motifs (C(OH)–C–C–N with tert-alkyl or cyclic N) is 1. The molecule has 3 rings (SSSR count). The van der Waals surface area contributed by atoms with Crippen LogP contribution in [-0.2, 0) is 13.0 Å². The maximum absolute atomic E-state index is 10.7. The summed E-state index contributed by atoms with van der Waals surface area (Å²) in [6.07, 6.45) is 5.18. The topological polar surface area (TPSA) is 63.4 Å². The minimum Gasteiger partial charge on any atom is -0.497 e. The van der Waals surface area contributed by atoms with E-state index in [2.05, 4.69) is 27.3 Å². The van der Waals surface area contributed by atoms with E-state index in [4.69, 9.17) is 4.74 Å². The number of methoxy groups -OCH3 is 1. The molecule has 6 heteroatoms. The maximum atomic E-state index is 10.7. The third kappa shape index (κ3) is 3.64. The average Bonchev–Trinajstić information content (AvgIpc) is 3.16. The standard InChI is InChI=1S/C16H22N4O2/c1-22-15-4-2-14(3-5-15)6-9-19-10-7-16(21,12-19)13-20-11-8-17-18-20/h2-5,8,11,21H,6-7,9-10,12-13H2,1H3. The molecule has 1 aromatic carbocycles. The first-order valence-corrected chi connectivity index (χ1v) is 7.59. The molecule has 1 saturated heterocycles. The Morgan fingerprint density at radius 3 is 2.82 bits per heavy atom. The lowest BCUT2D eigenvalue weighted by Gasteiger charge is -2.23. The smallest absolute Gasteiger partial charge is 0.118 e. The second kappa shape index (κ2) is 6.46. The molecule has 2 aromatic rings. The van der Waals surface area contributed by atoms with Gasteiger partial charge >= 0.3 is 0 Å². The van der Waals surface area contributed by atoms with Gasteiger partial charge in [-0.2, -0.15) is 0 Å². The molecule has 0 spiro atoms. The molecule has 1 aliphatic rings. The Kier molecular flexibility index (Phi) is 4.40. The molecule has 2 heterocycles. The summed E-state index contributed by atoms with van der Waals surface area (Å²) in [6, 6.07) is 8.16. The lowest BCUT2D eigenvalue weighted by Crippen LogP contribution is -2.38. The molecule has 1 aromatic heterocycles. The van der Waals surface area contributed by atoms with Gasteiger partial charge < -0.3 is 9.84 Å². The van der Waals surface area contributed by atoms with Crippen molar-refractivity contribution >= 4 is 0 Å². The number of hydrogen-bond acceptors (Lipinski definition) is 5. The Bertz CT molecular complexity index is 585. The quantitative estimate of drug-likeness (QED) is 0.861. The highest BCUT2D eigenvalue weighted by atomic mass is 16.5. The number of nitrogens with zero attached hydrogens (tertiary/aromatic N) is 4. The summed E-state index contributed by atoms with van der Waals surface area (Å²) >= 11 is 0. The second-order valence-corrected chi connectivity index (χ2v) is 5.95. The van der Waals surface area contributed by atoms with E-state index in [0.717, 1.165) is 31.7 Å². The van der Waals surface area contributed by atoms with Gasteiger partial charge in [-0.1, -0.05) is 17.3 Å². The van der Waals surface area contributed by atoms with Gasteiger partial charge in [0.2, 0.25) is 0 Å². The van der Waals surface area contributed by atoms with E-state index >= 15 is 0 Å². The van der Waals surface area contributed by atoms with E-state index in [0.29, 0.717) is 13.1 Å². The highest BCUT2D eigenvalue weighted by Crippen LogP contribution is 2.23. The Morgan fingerprint density at radius 1 is 1.32 bits per heavy atom. The van der Waals surface area contributed by atoms with Gasteiger partial charge in [-0.15, -0.1) is 5.10 Å². The molecule has 0 aliphatic carbocycles. The van der Waals surface area contributed by atoms with E-state index in [-0.39, 0.29) is 0 Å². The molecule has 6 nitrogen and oxygen atoms in total. The summed E-state index contributed by atoms with van der Waals surface area (Å²) < 4.78 is 6.87. The van der Waals surface area contributed by atoms with Crippen LogP contribution in [0.25, 0.3) is 0 Å². The van der Waals surface area contributed by atoms with Gasteiger partial charge in [-0.3, -0.25) is 4.90 Å². The van der Waals surface area contributed by atoms with Crippen LogP contribution in [0.4, 0.5) is 0 Å². The molecule has 1 unspecified atom stereocenters. The predicted octanol–water partition coefficient (Wildman–Crippen LogP) is 0.966. The van der Waals surface area contributed by atoms with Crippen molar-refractivity contribution in [3.05, 3.63) is 42.2 Å². The van der Waals surface area contributed by atoms with Crippen molar-refractivity contribution < 1.29 is 9.84 Å². The van der Waals surface area contributed by atoms with Crippen molar-refractivity contribution in [3.8, 4) is 5.75 Å². The molecule has 0 radical (unpaired) electrons. The first-order valence-electron chi connectivity index (χ1n) is 7.59. The molecule has 1 aliphatic heterocycles. The number of benzene rings is 1. The number of aliphatic hydroxyl groups is 1. The third-order valence-corrected chi connectivity index (χ3v) is 4.22. The monoisotopic (exact) mass is 302 g/mol. The highest BCUT2D eigenvalue weighted by Gasteiger charge is 2.36. The highest BCUT2D eigenvalue weighted by molar-refractivity contribution is 5.27. The summed E-state index contributed by atoms with van der Waals surface area (Å²) in [6.45, 7) is 3.06. The van der Waals surface area contributed by atoms with Crippen LogP contribution in [-0.4, -0.2) is 57.3 Å². The first kappa shape index (κ1) is 15.0. The zero-order chi connectivity index (χ0) is 15.4. The summed E-state index contributed by atoms with van der Waals surface area (Å²) in [5.74, 6) is 0.882. The van der Waals surface area contributed by atoms with Crippen LogP contribution in [0.5, 0.6) is 5.75 Å². The van der Waals surface area contributed by atoms with Crippen LogP contribution in [0.2, 0.25) is 0 Å². The van der Waals surface area contributed by atoms with Crippen molar-refractivity contribution in [1.82, 2.24) is 19.9 Å². The van der Waals surface area contributed by atoms with Gasteiger partial charge in [0.25, 0.3) is 0 Å². The fourth-order valence-electron chi connectivity index (χ4n) is 2.96. The average molecular weight is 302 g/mol. The van der Waals surface area contributed by atoms with E-state index in [1.807, 2.05) is 12.1 Å². The summed E-state index contributed by atoms with van der Waals surface area (Å²) in [5, 5.41) is 18.4. The third-order valence-electron chi connectivity index (χ3n) is 4.22. The van der Waals surface area contributed by atoms with E-state index in [9.17, 15) is 5.11 Å². The number of hydrogen-bond donors (Lipinski definition) is 1. The minimum atomic E-state index is -0.701. The van der Waals surface area contributed by atoms with Crippen molar-refractivity contribution in [2.24, 2.45) is 0 Å². The zero-order valence-corrected chi connectivity index (χ0v) is 12.9. The Hall–Kier alpha value is -1.92. The fourth-order valence-corrected chi connectivity index (χ4v) is 2.96. The van der Waals surface area contributed by atoms with Crippen LogP contribution in [0.1, 0.15) is 12.0 Å². The number of ether oxygens (including phenoxy) is 1. The van der Waals surface area contributed by atoms with E-state index in [1.54, 1.807) is 24.2 Å². The molecule has 22 heavy (non-hydrogen) atoms.